The predicted octanol–water partition coefficient (Wildman–Crippen LogP) is 4.18. The van der Waals surface area contributed by atoms with E-state index in [1.54, 1.807) is 0 Å². The van der Waals surface area contributed by atoms with E-state index < -0.39 is 0 Å². The van der Waals surface area contributed by atoms with Crippen LogP contribution in [0.25, 0.3) is 0 Å². The fraction of sp³-hybridized carbons (Fsp3) is 0.727. The summed E-state index contributed by atoms with van der Waals surface area (Å²) in [5, 5.41) is 0. The Morgan fingerprint density at radius 1 is 1.00 bits per heavy atom. The molecule has 0 aromatic heterocycles. The van der Waals surface area contributed by atoms with E-state index >= 15 is 0 Å². The molecular formula is C11H25Y. The van der Waals surface area contributed by atoms with Crippen LogP contribution < -0.4 is 0 Å². The van der Waals surface area contributed by atoms with Crippen molar-refractivity contribution >= 4 is 0 Å². The van der Waals surface area contributed by atoms with Gasteiger partial charge in [-0.2, -0.15) is 13.8 Å². The smallest absolute Gasteiger partial charge is 0.369 e. The maximum absolute atomic E-state index is 3.73. The van der Waals surface area contributed by atoms with Crippen LogP contribution in [0.3, 0.4) is 0 Å². The second kappa shape index (κ2) is 22.7. The maximum atomic E-state index is 3.73. The third-order valence-corrected chi connectivity index (χ3v) is 0.943. The topological polar surface area (TPSA) is 0 Å². The summed E-state index contributed by atoms with van der Waals surface area (Å²) in [6.07, 6.45) is 2.00. The van der Waals surface area contributed by atoms with Crippen molar-refractivity contribution in [2.75, 3.05) is 0 Å². The molecule has 0 saturated carbocycles. The van der Waals surface area contributed by atoms with Gasteiger partial charge in [-0.25, -0.2) is 0 Å². The molecule has 0 N–H and O–H groups in total. The van der Waals surface area contributed by atoms with E-state index in [0.717, 1.165) is 0 Å². The molecule has 0 radical (unpaired) electrons. The largest absolute Gasteiger partial charge is 3.00 e. The minimum absolute atomic E-state index is 0. The molecule has 0 heterocycles. The van der Waals surface area contributed by atoms with Gasteiger partial charge in [-0.05, 0) is 0 Å². The average molecular weight is 246 g/mol. The number of hydrogen-bond acceptors (Lipinski definition) is 0. The first-order chi connectivity index (χ1) is 5.06. The second-order valence-electron chi connectivity index (χ2n) is 2.58. The van der Waals surface area contributed by atoms with Gasteiger partial charge in [0.15, 0.2) is 0 Å². The van der Waals surface area contributed by atoms with Crippen molar-refractivity contribution in [3.05, 3.63) is 20.3 Å². The molecule has 0 bridgehead atoms. The summed E-state index contributed by atoms with van der Waals surface area (Å²) < 4.78 is 0. The molecule has 1 heteroatoms. The SMILES string of the molecule is CC.C[CH-]C.[CH2-]C([CH2-])C(C)C.[Y+3]. The molecule has 0 aliphatic heterocycles. The molecule has 0 amide bonds. The molecular weight excluding hydrogens is 221 g/mol. The van der Waals surface area contributed by atoms with Gasteiger partial charge in [0.25, 0.3) is 0 Å². The van der Waals surface area contributed by atoms with Gasteiger partial charge < -0.3 is 26.2 Å². The van der Waals surface area contributed by atoms with Crippen molar-refractivity contribution in [3.8, 4) is 0 Å². The Balaban J connectivity index is -0.0000000462. The normalized spacial score (nSPS) is 7.50. The monoisotopic (exact) mass is 246 g/mol. The van der Waals surface area contributed by atoms with Crippen LogP contribution in [0.5, 0.6) is 0 Å². The molecule has 12 heavy (non-hydrogen) atoms. The molecule has 72 valence electrons. The number of rotatable bonds is 1. The van der Waals surface area contributed by atoms with Crippen molar-refractivity contribution in [3.63, 3.8) is 0 Å². The summed E-state index contributed by atoms with van der Waals surface area (Å²) in [6.45, 7) is 19.7. The van der Waals surface area contributed by atoms with Crippen LogP contribution in [0.15, 0.2) is 0 Å². The molecule has 0 nitrogen and oxygen atoms in total. The van der Waals surface area contributed by atoms with E-state index in [0.29, 0.717) is 11.8 Å². The number of hydrogen-bond donors (Lipinski definition) is 0. The van der Waals surface area contributed by atoms with Crippen LogP contribution in [0.4, 0.5) is 0 Å². The minimum Gasteiger partial charge on any atom is -0.369 e. The Morgan fingerprint density at radius 3 is 1.08 bits per heavy atom. The van der Waals surface area contributed by atoms with Crippen molar-refractivity contribution in [1.82, 2.24) is 0 Å². The van der Waals surface area contributed by atoms with Crippen molar-refractivity contribution in [1.29, 1.82) is 0 Å². The first-order valence-electron chi connectivity index (χ1n) is 4.46. The molecule has 0 atom stereocenters. The predicted molar refractivity (Wildman–Crippen MR) is 56.0 cm³/mol. The summed E-state index contributed by atoms with van der Waals surface area (Å²) >= 11 is 0. The standard InChI is InChI=1S/C6H12.C3H7.C2H6.Y/c1-5(2)6(3)4;1-3-2;1-2;/h5-6H,1-2H2,3-4H3;3H,1-2H3;1-2H3;/q-2;-1;;+3. The van der Waals surface area contributed by atoms with E-state index in [9.17, 15) is 0 Å². The van der Waals surface area contributed by atoms with Crippen molar-refractivity contribution in [2.24, 2.45) is 11.8 Å². The summed E-state index contributed by atoms with van der Waals surface area (Å²) in [5.41, 5.74) is 0. The Morgan fingerprint density at radius 2 is 1.08 bits per heavy atom. The van der Waals surface area contributed by atoms with Gasteiger partial charge in [0.2, 0.25) is 0 Å². The first kappa shape index (κ1) is 23.2. The maximum Gasteiger partial charge on any atom is 3.00 e. The van der Waals surface area contributed by atoms with E-state index in [1.807, 2.05) is 34.1 Å². The van der Waals surface area contributed by atoms with Crippen LogP contribution in [0.2, 0.25) is 0 Å². The van der Waals surface area contributed by atoms with Crippen molar-refractivity contribution in [2.45, 2.75) is 41.5 Å². The van der Waals surface area contributed by atoms with Gasteiger partial charge in [0, 0.05) is 0 Å². The third kappa shape index (κ3) is 43.5. The third-order valence-electron chi connectivity index (χ3n) is 0.943. The fourth-order valence-corrected chi connectivity index (χ4v) is 0. The fourth-order valence-electron chi connectivity index (χ4n) is 0. The molecule has 0 saturated heterocycles. The Labute approximate surface area is 106 Å². The van der Waals surface area contributed by atoms with Crippen LogP contribution in [0, 0.1) is 32.1 Å². The first-order valence-corrected chi connectivity index (χ1v) is 4.46. The van der Waals surface area contributed by atoms with Gasteiger partial charge in [-0.3, -0.25) is 0 Å². The van der Waals surface area contributed by atoms with E-state index in [4.69, 9.17) is 0 Å². The molecule has 0 rings (SSSR count). The summed E-state index contributed by atoms with van der Waals surface area (Å²) in [4.78, 5) is 0. The van der Waals surface area contributed by atoms with Gasteiger partial charge in [-0.15, -0.1) is 0 Å². The second-order valence-corrected chi connectivity index (χ2v) is 2.58. The van der Waals surface area contributed by atoms with Crippen LogP contribution in [-0.4, -0.2) is 0 Å². The molecule has 0 aromatic rings. The zero-order valence-corrected chi connectivity index (χ0v) is 12.6. The van der Waals surface area contributed by atoms with E-state index in [1.165, 1.54) is 0 Å². The Hall–Kier alpha value is 1.10. The van der Waals surface area contributed by atoms with Gasteiger partial charge in [0.05, 0.1) is 0 Å². The van der Waals surface area contributed by atoms with Gasteiger partial charge >= 0.3 is 32.7 Å². The summed E-state index contributed by atoms with van der Waals surface area (Å²) in [7, 11) is 0. The quantitative estimate of drug-likeness (QED) is 0.609. The zero-order valence-electron chi connectivity index (χ0n) is 9.72. The van der Waals surface area contributed by atoms with Crippen molar-refractivity contribution < 1.29 is 32.7 Å². The molecule has 0 aliphatic rings. The van der Waals surface area contributed by atoms with Gasteiger partial charge in [-0.1, -0.05) is 33.6 Å². The van der Waals surface area contributed by atoms with Crippen LogP contribution in [0.1, 0.15) is 41.5 Å². The molecule has 0 spiro atoms. The van der Waals surface area contributed by atoms with Gasteiger partial charge in [0.1, 0.15) is 0 Å². The summed E-state index contributed by atoms with van der Waals surface area (Å²) in [6, 6.07) is 0. The zero-order chi connectivity index (χ0) is 9.86. The molecule has 0 aromatic carbocycles. The van der Waals surface area contributed by atoms with Crippen LogP contribution >= 0.6 is 0 Å². The Kier molecular flexibility index (Phi) is 43.9. The minimum atomic E-state index is 0. The van der Waals surface area contributed by atoms with E-state index in [2.05, 4.69) is 27.7 Å². The molecule has 0 aliphatic carbocycles. The molecule has 0 unspecified atom stereocenters. The molecule has 0 fully saturated rings. The Bertz CT molecular complexity index is 34.3. The average Bonchev–Trinajstić information content (AvgIpc) is 1.93. The van der Waals surface area contributed by atoms with Crippen LogP contribution in [-0.2, 0) is 32.7 Å². The summed E-state index contributed by atoms with van der Waals surface area (Å²) in [5.74, 6) is 0.981. The van der Waals surface area contributed by atoms with E-state index in [-0.39, 0.29) is 32.7 Å².